The molecule has 0 aromatic heterocycles. The predicted octanol–water partition coefficient (Wildman–Crippen LogP) is 3.10. The van der Waals surface area contributed by atoms with E-state index in [1.54, 1.807) is 12.1 Å². The third-order valence-electron chi connectivity index (χ3n) is 3.23. The van der Waals surface area contributed by atoms with E-state index >= 15 is 0 Å². The summed E-state index contributed by atoms with van der Waals surface area (Å²) >= 11 is 0. The fraction of sp³-hybridized carbons (Fsp3) is 0.400. The number of nitrogens with zero attached hydrogens (tertiary/aromatic N) is 1. The number of rotatable bonds is 2. The summed E-state index contributed by atoms with van der Waals surface area (Å²) in [6, 6.07) is 6.53. The minimum atomic E-state index is -0.216. The molecule has 1 aliphatic heterocycles. The minimum absolute atomic E-state index is 0.0470. The van der Waals surface area contributed by atoms with Crippen LogP contribution in [0.3, 0.4) is 0 Å². The van der Waals surface area contributed by atoms with E-state index in [9.17, 15) is 9.18 Å². The van der Waals surface area contributed by atoms with E-state index in [0.29, 0.717) is 6.54 Å². The van der Waals surface area contributed by atoms with Crippen molar-refractivity contribution in [1.82, 2.24) is 4.90 Å². The number of hydrogen-bond acceptors (Lipinski definition) is 1. The van der Waals surface area contributed by atoms with Crippen LogP contribution in [0.15, 0.2) is 30.3 Å². The first kappa shape index (κ1) is 12.8. The van der Waals surface area contributed by atoms with Crippen LogP contribution in [0.1, 0.15) is 25.8 Å². The first-order valence-electron chi connectivity index (χ1n) is 6.31. The zero-order chi connectivity index (χ0) is 13.1. The number of carbonyl (C=O) groups excluding carboxylic acids is 1. The molecule has 0 fully saturated rings. The molecule has 0 spiro atoms. The molecule has 1 amide bonds. The van der Waals surface area contributed by atoms with Crippen molar-refractivity contribution in [2.24, 2.45) is 5.92 Å². The number of amides is 1. The van der Waals surface area contributed by atoms with Crippen LogP contribution in [-0.2, 0) is 4.79 Å². The highest BCUT2D eigenvalue weighted by Crippen LogP contribution is 2.23. The fourth-order valence-electron chi connectivity index (χ4n) is 2.16. The highest BCUT2D eigenvalue weighted by Gasteiger charge is 2.19. The Kier molecular flexibility index (Phi) is 3.80. The van der Waals surface area contributed by atoms with Gasteiger partial charge < -0.3 is 4.90 Å². The first-order valence-corrected chi connectivity index (χ1v) is 6.31. The third kappa shape index (κ3) is 2.78. The van der Waals surface area contributed by atoms with E-state index in [0.717, 1.165) is 18.5 Å². The van der Waals surface area contributed by atoms with Gasteiger partial charge in [0, 0.05) is 19.0 Å². The molecule has 1 aromatic rings. The van der Waals surface area contributed by atoms with Gasteiger partial charge in [0.2, 0.25) is 5.91 Å². The zero-order valence-corrected chi connectivity index (χ0v) is 10.8. The molecule has 2 rings (SSSR count). The maximum atomic E-state index is 12.8. The summed E-state index contributed by atoms with van der Waals surface area (Å²) in [5.41, 5.74) is 2.25. The van der Waals surface area contributed by atoms with E-state index in [4.69, 9.17) is 0 Å². The predicted molar refractivity (Wildman–Crippen MR) is 70.4 cm³/mol. The van der Waals surface area contributed by atoms with Crippen molar-refractivity contribution in [3.8, 4) is 0 Å². The van der Waals surface area contributed by atoms with Crippen LogP contribution in [0.25, 0.3) is 5.57 Å². The lowest BCUT2D eigenvalue weighted by Gasteiger charge is -2.28. The average molecular weight is 247 g/mol. The van der Waals surface area contributed by atoms with Crippen molar-refractivity contribution < 1.29 is 9.18 Å². The van der Waals surface area contributed by atoms with Crippen LogP contribution in [0, 0.1) is 11.7 Å². The van der Waals surface area contributed by atoms with Crippen molar-refractivity contribution >= 4 is 11.5 Å². The highest BCUT2D eigenvalue weighted by molar-refractivity contribution is 5.79. The molecule has 18 heavy (non-hydrogen) atoms. The second-order valence-electron chi connectivity index (χ2n) is 4.93. The van der Waals surface area contributed by atoms with Crippen LogP contribution in [0.4, 0.5) is 4.39 Å². The molecule has 1 aromatic carbocycles. The lowest BCUT2D eigenvalue weighted by atomic mass is 9.99. The summed E-state index contributed by atoms with van der Waals surface area (Å²) in [5.74, 6) is 0.0296. The quantitative estimate of drug-likeness (QED) is 0.786. The standard InChI is InChI=1S/C15H18FNO/c1-11(2)15(18)17-9-7-13(8-10-17)12-3-5-14(16)6-4-12/h3-7,11H,8-10H2,1-2H3. The van der Waals surface area contributed by atoms with Crippen molar-refractivity contribution in [3.63, 3.8) is 0 Å². The molecule has 3 heteroatoms. The summed E-state index contributed by atoms with van der Waals surface area (Å²) in [6.45, 7) is 5.24. The van der Waals surface area contributed by atoms with E-state index in [2.05, 4.69) is 6.08 Å². The average Bonchev–Trinajstić information content (AvgIpc) is 2.39. The Hall–Kier alpha value is -1.64. The Labute approximate surface area is 107 Å². The van der Waals surface area contributed by atoms with Gasteiger partial charge >= 0.3 is 0 Å². The van der Waals surface area contributed by atoms with Crippen LogP contribution in [-0.4, -0.2) is 23.9 Å². The van der Waals surface area contributed by atoms with Crippen molar-refractivity contribution in [2.75, 3.05) is 13.1 Å². The van der Waals surface area contributed by atoms with Gasteiger partial charge in [-0.1, -0.05) is 32.1 Å². The van der Waals surface area contributed by atoms with E-state index < -0.39 is 0 Å². The Morgan fingerprint density at radius 2 is 1.94 bits per heavy atom. The molecular weight excluding hydrogens is 229 g/mol. The Balaban J connectivity index is 2.07. The minimum Gasteiger partial charge on any atom is -0.338 e. The van der Waals surface area contributed by atoms with Gasteiger partial charge in [0.1, 0.15) is 5.82 Å². The van der Waals surface area contributed by atoms with E-state index in [-0.39, 0.29) is 17.6 Å². The summed E-state index contributed by atoms with van der Waals surface area (Å²) in [5, 5.41) is 0. The maximum absolute atomic E-state index is 12.8. The summed E-state index contributed by atoms with van der Waals surface area (Å²) < 4.78 is 12.8. The third-order valence-corrected chi connectivity index (χ3v) is 3.23. The number of halogens is 1. The fourth-order valence-corrected chi connectivity index (χ4v) is 2.16. The molecule has 0 bridgehead atoms. The normalized spacial score (nSPS) is 15.8. The van der Waals surface area contributed by atoms with Gasteiger partial charge in [-0.05, 0) is 29.7 Å². The Bertz CT molecular complexity index is 462. The van der Waals surface area contributed by atoms with Crippen LogP contribution in [0.2, 0.25) is 0 Å². The molecule has 0 saturated heterocycles. The van der Waals surface area contributed by atoms with Gasteiger partial charge in [-0.3, -0.25) is 4.79 Å². The Morgan fingerprint density at radius 1 is 1.28 bits per heavy atom. The number of hydrogen-bond donors (Lipinski definition) is 0. The molecule has 96 valence electrons. The highest BCUT2D eigenvalue weighted by atomic mass is 19.1. The van der Waals surface area contributed by atoms with Gasteiger partial charge in [0.05, 0.1) is 0 Å². The number of benzene rings is 1. The lowest BCUT2D eigenvalue weighted by Crippen LogP contribution is -2.37. The molecular formula is C15H18FNO. The van der Waals surface area contributed by atoms with Crippen LogP contribution < -0.4 is 0 Å². The van der Waals surface area contributed by atoms with Gasteiger partial charge in [-0.2, -0.15) is 0 Å². The molecule has 0 N–H and O–H groups in total. The lowest BCUT2D eigenvalue weighted by molar-refractivity contribution is -0.134. The van der Waals surface area contributed by atoms with Crippen molar-refractivity contribution in [3.05, 3.63) is 41.7 Å². The number of carbonyl (C=O) groups is 1. The first-order chi connectivity index (χ1) is 8.58. The second-order valence-corrected chi connectivity index (χ2v) is 4.93. The van der Waals surface area contributed by atoms with E-state index in [1.807, 2.05) is 18.7 Å². The molecule has 1 heterocycles. The van der Waals surface area contributed by atoms with E-state index in [1.165, 1.54) is 17.7 Å². The zero-order valence-electron chi connectivity index (χ0n) is 10.8. The summed E-state index contributed by atoms with van der Waals surface area (Å²) in [6.07, 6.45) is 2.90. The molecule has 0 unspecified atom stereocenters. The molecule has 2 nitrogen and oxygen atoms in total. The SMILES string of the molecule is CC(C)C(=O)N1CC=C(c2ccc(F)cc2)CC1. The van der Waals surface area contributed by atoms with Gasteiger partial charge in [0.15, 0.2) is 0 Å². The van der Waals surface area contributed by atoms with Gasteiger partial charge in [-0.15, -0.1) is 0 Å². The molecule has 0 radical (unpaired) electrons. The smallest absolute Gasteiger partial charge is 0.225 e. The molecule has 0 saturated carbocycles. The molecule has 0 aliphatic carbocycles. The van der Waals surface area contributed by atoms with Gasteiger partial charge in [-0.25, -0.2) is 4.39 Å². The summed E-state index contributed by atoms with van der Waals surface area (Å²) in [4.78, 5) is 13.7. The molecule has 1 aliphatic rings. The summed E-state index contributed by atoms with van der Waals surface area (Å²) in [7, 11) is 0. The van der Waals surface area contributed by atoms with Crippen LogP contribution >= 0.6 is 0 Å². The monoisotopic (exact) mass is 247 g/mol. The van der Waals surface area contributed by atoms with Gasteiger partial charge in [0.25, 0.3) is 0 Å². The van der Waals surface area contributed by atoms with Crippen molar-refractivity contribution in [2.45, 2.75) is 20.3 Å². The second kappa shape index (κ2) is 5.34. The topological polar surface area (TPSA) is 20.3 Å². The van der Waals surface area contributed by atoms with Crippen LogP contribution in [0.5, 0.6) is 0 Å². The maximum Gasteiger partial charge on any atom is 0.225 e. The Morgan fingerprint density at radius 3 is 2.44 bits per heavy atom. The molecule has 0 atom stereocenters. The largest absolute Gasteiger partial charge is 0.338 e. The van der Waals surface area contributed by atoms with Crippen molar-refractivity contribution in [1.29, 1.82) is 0 Å².